The number of hydrogen-bond acceptors (Lipinski definition) is 2. The minimum absolute atomic E-state index is 0.0752. The van der Waals surface area contributed by atoms with Crippen molar-refractivity contribution in [2.24, 2.45) is 0 Å². The van der Waals surface area contributed by atoms with Crippen molar-refractivity contribution in [2.45, 2.75) is 13.8 Å². The molecule has 1 aromatic rings. The molecule has 1 aromatic carbocycles. The van der Waals surface area contributed by atoms with Crippen LogP contribution < -0.4 is 0 Å². The third-order valence-electron chi connectivity index (χ3n) is 1.74. The molecule has 1 rings (SSSR count). The Hall–Kier alpha value is -1.09. The standard InChI is InChI=1S/C10H10ClFO2/c1-3-14-10(13)7-4-6(2)8(11)5-9(7)12/h4-5H,3H2,1-2H3. The summed E-state index contributed by atoms with van der Waals surface area (Å²) in [6.45, 7) is 3.59. The minimum Gasteiger partial charge on any atom is -0.462 e. The second-order valence-corrected chi connectivity index (χ2v) is 3.21. The zero-order valence-electron chi connectivity index (χ0n) is 7.93. The summed E-state index contributed by atoms with van der Waals surface area (Å²) in [5.74, 6) is -1.32. The number of aryl methyl sites for hydroxylation is 1. The molecule has 0 unspecified atom stereocenters. The lowest BCUT2D eigenvalue weighted by atomic mass is 10.1. The van der Waals surface area contributed by atoms with Gasteiger partial charge in [0, 0.05) is 5.02 Å². The third-order valence-corrected chi connectivity index (χ3v) is 2.15. The first-order valence-corrected chi connectivity index (χ1v) is 4.56. The number of esters is 1. The van der Waals surface area contributed by atoms with Crippen LogP contribution in [-0.2, 0) is 4.74 Å². The highest BCUT2D eigenvalue weighted by Gasteiger charge is 2.14. The molecule has 76 valence electrons. The molecule has 0 N–H and O–H groups in total. The van der Waals surface area contributed by atoms with Gasteiger partial charge in [-0.15, -0.1) is 0 Å². The molecule has 0 radical (unpaired) electrons. The van der Waals surface area contributed by atoms with Crippen molar-refractivity contribution < 1.29 is 13.9 Å². The summed E-state index contributed by atoms with van der Waals surface area (Å²) in [6, 6.07) is 2.50. The van der Waals surface area contributed by atoms with E-state index in [0.29, 0.717) is 10.6 Å². The van der Waals surface area contributed by atoms with Crippen molar-refractivity contribution >= 4 is 17.6 Å². The van der Waals surface area contributed by atoms with E-state index in [-0.39, 0.29) is 12.2 Å². The van der Waals surface area contributed by atoms with E-state index in [1.165, 1.54) is 6.07 Å². The Bertz CT molecular complexity index is 363. The van der Waals surface area contributed by atoms with Crippen molar-refractivity contribution in [3.63, 3.8) is 0 Å². The van der Waals surface area contributed by atoms with Gasteiger partial charge in [-0.2, -0.15) is 0 Å². The molecule has 0 fully saturated rings. The fraction of sp³-hybridized carbons (Fsp3) is 0.300. The van der Waals surface area contributed by atoms with Crippen LogP contribution in [0.25, 0.3) is 0 Å². The molecule has 0 aliphatic rings. The summed E-state index contributed by atoms with van der Waals surface area (Å²) < 4.78 is 17.9. The summed E-state index contributed by atoms with van der Waals surface area (Å²) in [5.41, 5.74) is 0.574. The summed E-state index contributed by atoms with van der Waals surface area (Å²) >= 11 is 5.68. The Kier molecular flexibility index (Phi) is 3.47. The SMILES string of the molecule is CCOC(=O)c1cc(C)c(Cl)cc1F. The van der Waals surface area contributed by atoms with E-state index >= 15 is 0 Å². The van der Waals surface area contributed by atoms with Gasteiger partial charge in [0.15, 0.2) is 0 Å². The largest absolute Gasteiger partial charge is 0.462 e. The van der Waals surface area contributed by atoms with Crippen LogP contribution in [0.5, 0.6) is 0 Å². The zero-order valence-corrected chi connectivity index (χ0v) is 8.69. The van der Waals surface area contributed by atoms with Gasteiger partial charge in [0.2, 0.25) is 0 Å². The predicted octanol–water partition coefficient (Wildman–Crippen LogP) is 2.96. The van der Waals surface area contributed by atoms with E-state index in [4.69, 9.17) is 11.6 Å². The van der Waals surface area contributed by atoms with Crippen LogP contribution in [0.1, 0.15) is 22.8 Å². The Morgan fingerprint density at radius 1 is 1.57 bits per heavy atom. The maximum atomic E-state index is 13.2. The number of carbonyl (C=O) groups is 1. The average molecular weight is 217 g/mol. The summed E-state index contributed by atoms with van der Waals surface area (Å²) in [7, 11) is 0. The molecule has 0 saturated carbocycles. The van der Waals surface area contributed by atoms with Gasteiger partial charge in [0.1, 0.15) is 5.82 Å². The number of ether oxygens (including phenoxy) is 1. The number of carbonyl (C=O) groups excluding carboxylic acids is 1. The Morgan fingerprint density at radius 2 is 2.21 bits per heavy atom. The molecule has 0 heterocycles. The van der Waals surface area contributed by atoms with Crippen molar-refractivity contribution in [1.82, 2.24) is 0 Å². The normalized spacial score (nSPS) is 10.0. The molecular formula is C10H10ClFO2. The molecule has 2 nitrogen and oxygen atoms in total. The van der Waals surface area contributed by atoms with Crippen LogP contribution >= 0.6 is 11.6 Å². The van der Waals surface area contributed by atoms with Crippen LogP contribution in [0.2, 0.25) is 5.02 Å². The Labute approximate surface area is 86.6 Å². The molecule has 0 amide bonds. The van der Waals surface area contributed by atoms with Gasteiger partial charge >= 0.3 is 5.97 Å². The quantitative estimate of drug-likeness (QED) is 0.711. The smallest absolute Gasteiger partial charge is 0.341 e. The van der Waals surface area contributed by atoms with E-state index in [1.807, 2.05) is 0 Å². The first-order chi connectivity index (χ1) is 6.56. The van der Waals surface area contributed by atoms with Gasteiger partial charge in [0.25, 0.3) is 0 Å². The van der Waals surface area contributed by atoms with E-state index < -0.39 is 11.8 Å². The monoisotopic (exact) mass is 216 g/mol. The molecular weight excluding hydrogens is 207 g/mol. The summed E-state index contributed by atoms with van der Waals surface area (Å²) in [4.78, 5) is 11.2. The molecule has 0 aliphatic heterocycles. The topological polar surface area (TPSA) is 26.3 Å². The number of rotatable bonds is 2. The van der Waals surface area contributed by atoms with Gasteiger partial charge in [-0.25, -0.2) is 9.18 Å². The first-order valence-electron chi connectivity index (χ1n) is 4.19. The maximum Gasteiger partial charge on any atom is 0.341 e. The Morgan fingerprint density at radius 3 is 2.79 bits per heavy atom. The van der Waals surface area contributed by atoms with E-state index in [2.05, 4.69) is 4.74 Å². The summed E-state index contributed by atoms with van der Waals surface area (Å²) in [6.07, 6.45) is 0. The minimum atomic E-state index is -0.662. The van der Waals surface area contributed by atoms with Gasteiger partial charge < -0.3 is 4.74 Å². The zero-order chi connectivity index (χ0) is 10.7. The van der Waals surface area contributed by atoms with Crippen LogP contribution in [0.4, 0.5) is 4.39 Å². The van der Waals surface area contributed by atoms with E-state index in [1.54, 1.807) is 13.8 Å². The molecule has 4 heteroatoms. The molecule has 0 aliphatic carbocycles. The first kappa shape index (κ1) is 11.0. The molecule has 0 atom stereocenters. The second-order valence-electron chi connectivity index (χ2n) is 2.80. The van der Waals surface area contributed by atoms with Crippen molar-refractivity contribution in [1.29, 1.82) is 0 Å². The molecule has 14 heavy (non-hydrogen) atoms. The molecule has 0 saturated heterocycles. The Balaban J connectivity index is 3.09. The highest BCUT2D eigenvalue weighted by molar-refractivity contribution is 6.31. The van der Waals surface area contributed by atoms with Gasteiger partial charge in [-0.3, -0.25) is 0 Å². The van der Waals surface area contributed by atoms with Crippen molar-refractivity contribution in [2.75, 3.05) is 6.61 Å². The van der Waals surface area contributed by atoms with Crippen LogP contribution in [-0.4, -0.2) is 12.6 Å². The summed E-state index contributed by atoms with van der Waals surface area (Å²) in [5, 5.41) is 0.301. The van der Waals surface area contributed by atoms with Crippen LogP contribution in [0, 0.1) is 12.7 Å². The fourth-order valence-electron chi connectivity index (χ4n) is 1.02. The van der Waals surface area contributed by atoms with E-state index in [0.717, 1.165) is 6.07 Å². The molecule has 0 aromatic heterocycles. The van der Waals surface area contributed by atoms with Crippen molar-refractivity contribution in [3.05, 3.63) is 34.1 Å². The highest BCUT2D eigenvalue weighted by atomic mass is 35.5. The number of hydrogen-bond donors (Lipinski definition) is 0. The lowest BCUT2D eigenvalue weighted by Crippen LogP contribution is -2.07. The molecule has 0 spiro atoms. The lowest BCUT2D eigenvalue weighted by molar-refractivity contribution is 0.0521. The predicted molar refractivity (Wildman–Crippen MR) is 52.1 cm³/mol. The average Bonchev–Trinajstić information content (AvgIpc) is 2.11. The van der Waals surface area contributed by atoms with Crippen LogP contribution in [0.15, 0.2) is 12.1 Å². The van der Waals surface area contributed by atoms with Gasteiger partial charge in [-0.1, -0.05) is 11.6 Å². The third kappa shape index (κ3) is 2.23. The number of halogens is 2. The second kappa shape index (κ2) is 4.42. The van der Waals surface area contributed by atoms with Gasteiger partial charge in [0.05, 0.1) is 12.2 Å². The maximum absolute atomic E-state index is 13.2. The van der Waals surface area contributed by atoms with Gasteiger partial charge in [-0.05, 0) is 31.5 Å². The highest BCUT2D eigenvalue weighted by Crippen LogP contribution is 2.20. The fourth-order valence-corrected chi connectivity index (χ4v) is 1.17. The van der Waals surface area contributed by atoms with Crippen molar-refractivity contribution in [3.8, 4) is 0 Å². The van der Waals surface area contributed by atoms with Crippen LogP contribution in [0.3, 0.4) is 0 Å². The van der Waals surface area contributed by atoms with E-state index in [9.17, 15) is 9.18 Å². The lowest BCUT2D eigenvalue weighted by Gasteiger charge is -2.05. The number of benzene rings is 1. The molecule has 0 bridgehead atoms.